The molecule has 1 saturated heterocycles. The van der Waals surface area contributed by atoms with E-state index in [1.807, 2.05) is 25.1 Å². The third-order valence-electron chi connectivity index (χ3n) is 3.82. The minimum Gasteiger partial charge on any atom is -0.336 e. The number of rotatable bonds is 2. The first-order valence-corrected chi connectivity index (χ1v) is 5.34. The molecule has 0 aromatic rings. The van der Waals surface area contributed by atoms with Crippen molar-refractivity contribution in [1.29, 1.82) is 15.8 Å². The molecule has 2 fully saturated rings. The Morgan fingerprint density at radius 2 is 1.94 bits per heavy atom. The van der Waals surface area contributed by atoms with Crippen LogP contribution in [0.5, 0.6) is 0 Å². The zero-order chi connectivity index (χ0) is 12.9. The number of nitrogens with one attached hydrogen (secondary N) is 1. The summed E-state index contributed by atoms with van der Waals surface area (Å²) in [5.41, 5.74) is 1.76. The number of amides is 1. The summed E-state index contributed by atoms with van der Waals surface area (Å²) in [7, 11) is 0. The van der Waals surface area contributed by atoms with Crippen molar-refractivity contribution < 1.29 is 4.79 Å². The number of carbonyl (C=O) groups excluding carboxylic acids is 1. The molecule has 0 radical (unpaired) electrons. The summed E-state index contributed by atoms with van der Waals surface area (Å²) in [4.78, 5) is 11.9. The van der Waals surface area contributed by atoms with E-state index in [4.69, 9.17) is 21.5 Å². The third-order valence-corrected chi connectivity index (χ3v) is 3.82. The van der Waals surface area contributed by atoms with E-state index in [-0.39, 0.29) is 0 Å². The van der Waals surface area contributed by atoms with Crippen LogP contribution in [0.4, 0.5) is 0 Å². The number of nitrogens with two attached hydrogens (primary N) is 1. The van der Waals surface area contributed by atoms with Gasteiger partial charge < -0.3 is 11.1 Å². The molecule has 1 heterocycles. The van der Waals surface area contributed by atoms with Crippen LogP contribution in [0.3, 0.4) is 0 Å². The van der Waals surface area contributed by atoms with Gasteiger partial charge in [-0.25, -0.2) is 0 Å². The molecule has 2 rings (SSSR count). The average Bonchev–Trinajstić information content (AvgIpc) is 2.86. The van der Waals surface area contributed by atoms with Gasteiger partial charge in [-0.15, -0.1) is 0 Å². The Morgan fingerprint density at radius 3 is 2.29 bits per heavy atom. The number of carbonyl (C=O) groups is 1. The van der Waals surface area contributed by atoms with Gasteiger partial charge in [0.15, 0.2) is 10.8 Å². The quantitative estimate of drug-likeness (QED) is 0.674. The molecule has 86 valence electrons. The van der Waals surface area contributed by atoms with Crippen molar-refractivity contribution in [2.24, 2.45) is 22.5 Å². The highest BCUT2D eigenvalue weighted by molar-refractivity contribution is 5.97. The Bertz CT molecular complexity index is 507. The Kier molecular flexibility index (Phi) is 1.99. The van der Waals surface area contributed by atoms with E-state index >= 15 is 0 Å². The first-order chi connectivity index (χ1) is 7.99. The number of fused-ring (bicyclic) bond motifs is 1. The number of nitriles is 3. The van der Waals surface area contributed by atoms with Crippen molar-refractivity contribution in [3.05, 3.63) is 0 Å². The summed E-state index contributed by atoms with van der Waals surface area (Å²) in [6.45, 7) is 1.88. The summed E-state index contributed by atoms with van der Waals surface area (Å²) < 4.78 is 0. The Hall–Kier alpha value is -2.10. The Labute approximate surface area is 98.6 Å². The van der Waals surface area contributed by atoms with Crippen molar-refractivity contribution in [3.8, 4) is 18.2 Å². The maximum atomic E-state index is 11.9. The van der Waals surface area contributed by atoms with E-state index in [1.54, 1.807) is 0 Å². The maximum Gasteiger partial charge on any atom is 0.245 e. The zero-order valence-corrected chi connectivity index (χ0v) is 9.32. The van der Waals surface area contributed by atoms with Crippen molar-refractivity contribution in [1.82, 2.24) is 5.32 Å². The summed E-state index contributed by atoms with van der Waals surface area (Å²) in [6, 6.07) is 5.46. The van der Waals surface area contributed by atoms with E-state index < -0.39 is 28.3 Å². The molecular formula is C11H11N5O. The van der Waals surface area contributed by atoms with Gasteiger partial charge >= 0.3 is 0 Å². The smallest absolute Gasteiger partial charge is 0.245 e. The van der Waals surface area contributed by atoms with E-state index in [2.05, 4.69) is 5.32 Å². The molecule has 0 aromatic heterocycles. The lowest BCUT2D eigenvalue weighted by atomic mass is 9.92. The molecule has 6 nitrogen and oxygen atoms in total. The summed E-state index contributed by atoms with van der Waals surface area (Å²) in [5, 5.41) is 30.0. The van der Waals surface area contributed by atoms with E-state index in [0.717, 1.165) is 0 Å². The van der Waals surface area contributed by atoms with Gasteiger partial charge in [0, 0.05) is 0 Å². The fraction of sp³-hybridized carbons (Fsp3) is 0.636. The molecule has 17 heavy (non-hydrogen) atoms. The highest BCUT2D eigenvalue weighted by atomic mass is 16.2. The van der Waals surface area contributed by atoms with Gasteiger partial charge in [-0.2, -0.15) is 15.8 Å². The largest absolute Gasteiger partial charge is 0.336 e. The Morgan fingerprint density at radius 1 is 1.35 bits per heavy atom. The number of nitrogens with zero attached hydrogens (tertiary/aromatic N) is 3. The van der Waals surface area contributed by atoms with Gasteiger partial charge in [0.25, 0.3) is 0 Å². The first kappa shape index (κ1) is 11.4. The van der Waals surface area contributed by atoms with Crippen molar-refractivity contribution in [2.75, 3.05) is 0 Å². The monoisotopic (exact) mass is 229 g/mol. The minimum atomic E-state index is -1.59. The van der Waals surface area contributed by atoms with Crippen LogP contribution in [0.25, 0.3) is 0 Å². The normalized spacial score (nSPS) is 40.4. The fourth-order valence-electron chi connectivity index (χ4n) is 3.09. The van der Waals surface area contributed by atoms with Crippen LogP contribution < -0.4 is 11.1 Å². The SMILES string of the molecule is CCC[C@@]1(N)NC(=O)[C@]2(C#N)[C@@H]1C2(C#N)C#N. The van der Waals surface area contributed by atoms with Crippen LogP contribution in [0.15, 0.2) is 0 Å². The Balaban J connectivity index is 2.56. The number of hydrogen-bond donors (Lipinski definition) is 2. The number of hydrogen-bond acceptors (Lipinski definition) is 5. The van der Waals surface area contributed by atoms with Gasteiger partial charge in [-0.3, -0.25) is 4.79 Å². The maximum absolute atomic E-state index is 11.9. The molecular weight excluding hydrogens is 218 g/mol. The van der Waals surface area contributed by atoms with E-state index in [1.165, 1.54) is 0 Å². The molecule has 3 N–H and O–H groups in total. The predicted octanol–water partition coefficient (Wildman–Crippen LogP) is -0.255. The van der Waals surface area contributed by atoms with Crippen molar-refractivity contribution in [2.45, 2.75) is 25.4 Å². The lowest BCUT2D eigenvalue weighted by Crippen LogP contribution is -2.56. The van der Waals surface area contributed by atoms with E-state index in [9.17, 15) is 4.79 Å². The molecule has 0 aromatic carbocycles. The standard InChI is InChI=1S/C11H11N5O/c1-2-3-11(15)7-9(4-12,5-13)10(7,6-14)8(17)16-11/h7H,2-3,15H2,1H3,(H,16,17)/t7-,10-,11+/m0/s1. The first-order valence-electron chi connectivity index (χ1n) is 5.34. The number of piperidine rings is 1. The summed E-state index contributed by atoms with van der Waals surface area (Å²) >= 11 is 0. The van der Waals surface area contributed by atoms with Crippen LogP contribution >= 0.6 is 0 Å². The second-order valence-corrected chi connectivity index (χ2v) is 4.63. The van der Waals surface area contributed by atoms with Gasteiger partial charge in [-0.05, 0) is 6.42 Å². The van der Waals surface area contributed by atoms with Crippen LogP contribution in [-0.4, -0.2) is 11.6 Å². The predicted molar refractivity (Wildman–Crippen MR) is 55.2 cm³/mol. The van der Waals surface area contributed by atoms with Crippen LogP contribution in [0.2, 0.25) is 0 Å². The summed E-state index contributed by atoms with van der Waals surface area (Å²) in [6.07, 6.45) is 1.14. The van der Waals surface area contributed by atoms with Gasteiger partial charge in [0.05, 0.1) is 29.8 Å². The second kappa shape index (κ2) is 2.97. The van der Waals surface area contributed by atoms with Crippen molar-refractivity contribution in [3.63, 3.8) is 0 Å². The molecule has 6 heteroatoms. The van der Waals surface area contributed by atoms with E-state index in [0.29, 0.717) is 12.8 Å². The van der Waals surface area contributed by atoms with Crippen molar-refractivity contribution >= 4 is 5.91 Å². The topological polar surface area (TPSA) is 126 Å². The highest BCUT2D eigenvalue weighted by Crippen LogP contribution is 2.74. The minimum absolute atomic E-state index is 0.442. The van der Waals surface area contributed by atoms with Gasteiger partial charge in [-0.1, -0.05) is 13.3 Å². The molecule has 0 spiro atoms. The molecule has 2 aliphatic rings. The molecule has 1 saturated carbocycles. The van der Waals surface area contributed by atoms with Crippen LogP contribution in [-0.2, 0) is 4.79 Å². The van der Waals surface area contributed by atoms with Gasteiger partial charge in [0.1, 0.15) is 0 Å². The lowest BCUT2D eigenvalue weighted by Gasteiger charge is -2.27. The lowest BCUT2D eigenvalue weighted by molar-refractivity contribution is -0.124. The molecule has 0 bridgehead atoms. The highest BCUT2D eigenvalue weighted by Gasteiger charge is 2.92. The summed E-state index contributed by atoms with van der Waals surface area (Å²) in [5.74, 6) is -1.33. The molecule has 0 unspecified atom stereocenters. The average molecular weight is 229 g/mol. The van der Waals surface area contributed by atoms with Gasteiger partial charge in [0.2, 0.25) is 5.91 Å². The second-order valence-electron chi connectivity index (χ2n) is 4.63. The third kappa shape index (κ3) is 0.895. The zero-order valence-electron chi connectivity index (χ0n) is 9.32. The fourth-order valence-corrected chi connectivity index (χ4v) is 3.09. The molecule has 1 aliphatic carbocycles. The molecule has 1 aliphatic heterocycles. The molecule has 1 amide bonds. The van der Waals surface area contributed by atoms with Crippen LogP contribution in [0, 0.1) is 50.7 Å². The van der Waals surface area contributed by atoms with Crippen LogP contribution in [0.1, 0.15) is 19.8 Å². The molecule has 3 atom stereocenters.